The van der Waals surface area contributed by atoms with E-state index < -0.39 is 0 Å². The van der Waals surface area contributed by atoms with Gasteiger partial charge in [-0.25, -0.2) is 0 Å². The SMILES string of the molecule is CCC[NH-].[Cl-].[Cl-].[Hf+4].c1ccc([Si]c2ccccc2)cc1.c1ccc2c(c1)[cH-]c1ccccc12. The van der Waals surface area contributed by atoms with E-state index in [1.165, 1.54) is 31.9 Å². The molecule has 33 heavy (non-hydrogen) atoms. The molecule has 5 aromatic carbocycles. The predicted molar refractivity (Wildman–Crippen MR) is 134 cm³/mol. The topological polar surface area (TPSA) is 23.8 Å². The second-order valence-corrected chi connectivity index (χ2v) is 8.33. The van der Waals surface area contributed by atoms with Gasteiger partial charge < -0.3 is 30.5 Å². The largest absolute Gasteiger partial charge is 4.00 e. The third kappa shape index (κ3) is 10.0. The summed E-state index contributed by atoms with van der Waals surface area (Å²) in [6.07, 6.45) is 0.986. The number of rotatable bonds is 3. The summed E-state index contributed by atoms with van der Waals surface area (Å²) < 4.78 is 0. The third-order valence-electron chi connectivity index (χ3n) is 4.61. The van der Waals surface area contributed by atoms with Crippen LogP contribution >= 0.6 is 0 Å². The van der Waals surface area contributed by atoms with Crippen LogP contribution in [-0.4, -0.2) is 16.1 Å². The summed E-state index contributed by atoms with van der Waals surface area (Å²) in [6.45, 7) is 2.56. The molecule has 1 N–H and O–H groups in total. The van der Waals surface area contributed by atoms with Crippen LogP contribution in [0.4, 0.5) is 0 Å². The van der Waals surface area contributed by atoms with E-state index in [0.717, 1.165) is 15.9 Å². The van der Waals surface area contributed by atoms with Crippen molar-refractivity contribution in [2.75, 3.05) is 6.54 Å². The van der Waals surface area contributed by atoms with Gasteiger partial charge >= 0.3 is 25.8 Å². The molecular formula is C28H27Cl2HfNSi. The summed E-state index contributed by atoms with van der Waals surface area (Å²) in [5.74, 6) is 0. The first kappa shape index (κ1) is 31.4. The van der Waals surface area contributed by atoms with E-state index in [1.54, 1.807) is 0 Å². The molecule has 0 bridgehead atoms. The molecule has 0 atom stereocenters. The first-order valence-corrected chi connectivity index (χ1v) is 11.4. The molecule has 5 aromatic rings. The van der Waals surface area contributed by atoms with Crippen molar-refractivity contribution in [3.63, 3.8) is 0 Å². The number of benzene rings is 4. The quantitative estimate of drug-likeness (QED) is 0.200. The van der Waals surface area contributed by atoms with Gasteiger partial charge in [0, 0.05) is 0 Å². The van der Waals surface area contributed by atoms with Crippen LogP contribution < -0.4 is 35.2 Å². The van der Waals surface area contributed by atoms with Crippen LogP contribution in [-0.2, 0) is 25.8 Å². The van der Waals surface area contributed by atoms with Gasteiger partial charge in [0.05, 0.1) is 0 Å². The summed E-state index contributed by atoms with van der Waals surface area (Å²) in [5, 5.41) is 8.19. The van der Waals surface area contributed by atoms with Crippen molar-refractivity contribution < 1.29 is 50.7 Å². The van der Waals surface area contributed by atoms with Crippen molar-refractivity contribution in [2.24, 2.45) is 0 Å². The van der Waals surface area contributed by atoms with Crippen LogP contribution in [0.25, 0.3) is 27.3 Å². The Hall–Kier alpha value is -1.62. The van der Waals surface area contributed by atoms with E-state index in [4.69, 9.17) is 5.73 Å². The number of hydrogen-bond acceptors (Lipinski definition) is 0. The van der Waals surface area contributed by atoms with E-state index in [9.17, 15) is 0 Å². The number of nitrogens with one attached hydrogen (secondary N) is 1. The van der Waals surface area contributed by atoms with Crippen LogP contribution in [0.2, 0.25) is 0 Å². The van der Waals surface area contributed by atoms with Crippen molar-refractivity contribution >= 4 is 41.4 Å². The van der Waals surface area contributed by atoms with Gasteiger partial charge in [0.1, 0.15) is 9.52 Å². The molecule has 0 aromatic heterocycles. The van der Waals surface area contributed by atoms with Crippen LogP contribution in [0, 0.1) is 0 Å². The zero-order chi connectivity index (χ0) is 21.0. The Bertz CT molecular complexity index is 1060. The van der Waals surface area contributed by atoms with Gasteiger partial charge in [-0.2, -0.15) is 6.54 Å². The Kier molecular flexibility index (Phi) is 16.9. The number of fused-ring (bicyclic) bond motifs is 3. The molecule has 0 amide bonds. The molecule has 166 valence electrons. The maximum Gasteiger partial charge on any atom is 4.00 e. The molecule has 1 nitrogen and oxygen atoms in total. The minimum absolute atomic E-state index is 0. The zero-order valence-electron chi connectivity index (χ0n) is 18.6. The fraction of sp³-hybridized carbons (Fsp3) is 0.107. The van der Waals surface area contributed by atoms with E-state index in [0.29, 0.717) is 6.54 Å². The summed E-state index contributed by atoms with van der Waals surface area (Å²) in [7, 11) is 0.777. The molecule has 0 aliphatic heterocycles. The Morgan fingerprint density at radius 1 is 0.606 bits per heavy atom. The zero-order valence-corrected chi connectivity index (χ0v) is 24.7. The van der Waals surface area contributed by atoms with Crippen molar-refractivity contribution in [1.82, 2.24) is 0 Å². The second kappa shape index (κ2) is 17.8. The van der Waals surface area contributed by atoms with Gasteiger partial charge in [-0.15, -0.1) is 39.7 Å². The Balaban J connectivity index is 0.000000497. The van der Waals surface area contributed by atoms with Gasteiger partial charge in [-0.1, -0.05) is 121 Å². The molecule has 5 heteroatoms. The molecule has 0 unspecified atom stereocenters. The van der Waals surface area contributed by atoms with Crippen molar-refractivity contribution in [3.05, 3.63) is 121 Å². The predicted octanol–water partition coefficient (Wildman–Crippen LogP) is 0.508. The van der Waals surface area contributed by atoms with Gasteiger partial charge in [0.2, 0.25) is 0 Å². The van der Waals surface area contributed by atoms with E-state index in [2.05, 4.69) is 115 Å². The minimum atomic E-state index is 0. The average Bonchev–Trinajstić information content (AvgIpc) is 3.20. The first-order valence-electron chi connectivity index (χ1n) is 10.4. The molecule has 0 aliphatic rings. The number of hydrogen-bond donors (Lipinski definition) is 0. The van der Waals surface area contributed by atoms with E-state index in [1.807, 2.05) is 6.92 Å². The van der Waals surface area contributed by atoms with Gasteiger partial charge in [0.25, 0.3) is 0 Å². The van der Waals surface area contributed by atoms with Crippen molar-refractivity contribution in [2.45, 2.75) is 13.3 Å². The molecule has 0 spiro atoms. The fourth-order valence-electron chi connectivity index (χ4n) is 3.11. The maximum atomic E-state index is 6.45. The fourth-order valence-corrected chi connectivity index (χ4v) is 4.17. The second-order valence-electron chi connectivity index (χ2n) is 6.93. The van der Waals surface area contributed by atoms with Crippen LogP contribution in [0.3, 0.4) is 0 Å². The maximum absolute atomic E-state index is 6.45. The summed E-state index contributed by atoms with van der Waals surface area (Å²) in [6, 6.07) is 40.4. The van der Waals surface area contributed by atoms with Gasteiger partial charge in [-0.3, -0.25) is 0 Å². The van der Waals surface area contributed by atoms with Gasteiger partial charge in [0.15, 0.2) is 0 Å². The smallest absolute Gasteiger partial charge is 1.00 e. The molecule has 0 heterocycles. The monoisotopic (exact) mass is 655 g/mol. The summed E-state index contributed by atoms with van der Waals surface area (Å²) in [4.78, 5) is 0. The van der Waals surface area contributed by atoms with E-state index in [-0.39, 0.29) is 50.7 Å². The van der Waals surface area contributed by atoms with Crippen LogP contribution in [0.5, 0.6) is 0 Å². The Labute approximate surface area is 231 Å². The summed E-state index contributed by atoms with van der Waals surface area (Å²) >= 11 is 0. The molecule has 0 aliphatic carbocycles. The molecule has 0 saturated carbocycles. The molecule has 0 fully saturated rings. The first-order chi connectivity index (χ1) is 14.8. The normalized spacial score (nSPS) is 9.15. The van der Waals surface area contributed by atoms with Crippen LogP contribution in [0.15, 0.2) is 115 Å². The standard InChI is InChI=1S/C13H9.C12H10Si.C3H8N.2ClH.Hf/c1-3-7-12-10(5-1)9-11-6-2-4-8-13(11)12;1-3-7-11(8-4-1)13-12-9-5-2-6-10-12;1-2-3-4;;;/h1-9H;1-10H;4H,2-3H2,1H3;2*1H;/q-1;;-1;;;+4/p-2. The molecule has 2 radical (unpaired) electrons. The van der Waals surface area contributed by atoms with Gasteiger partial charge in [-0.05, 0) is 0 Å². The number of halogens is 2. The van der Waals surface area contributed by atoms with Crippen molar-refractivity contribution in [1.29, 1.82) is 0 Å². The van der Waals surface area contributed by atoms with Crippen molar-refractivity contribution in [3.8, 4) is 0 Å². The van der Waals surface area contributed by atoms with E-state index >= 15 is 0 Å². The molecule has 5 rings (SSSR count). The Morgan fingerprint density at radius 3 is 1.30 bits per heavy atom. The summed E-state index contributed by atoms with van der Waals surface area (Å²) in [5.41, 5.74) is 6.45. The van der Waals surface area contributed by atoms with Crippen LogP contribution in [0.1, 0.15) is 13.3 Å². The molecule has 0 saturated heterocycles. The third-order valence-corrected chi connectivity index (χ3v) is 5.85. The average molecular weight is 655 g/mol. The Morgan fingerprint density at radius 2 is 0.939 bits per heavy atom. The minimum Gasteiger partial charge on any atom is -1.00 e. The molecular weight excluding hydrogens is 628 g/mol.